The zero-order valence-electron chi connectivity index (χ0n) is 15.0. The Kier molecular flexibility index (Phi) is 5.36. The number of aryl methyl sites for hydroxylation is 3. The van der Waals surface area contributed by atoms with E-state index in [0.29, 0.717) is 10.2 Å². The summed E-state index contributed by atoms with van der Waals surface area (Å²) in [5.41, 5.74) is 0.240. The lowest BCUT2D eigenvalue weighted by atomic mass is 10.2. The minimum Gasteiger partial charge on any atom is -0.267 e. The first-order chi connectivity index (χ1) is 13.0. The lowest BCUT2D eigenvalue weighted by Gasteiger charge is -2.11. The van der Waals surface area contributed by atoms with Gasteiger partial charge in [0.05, 0.1) is 9.86 Å². The Hall–Kier alpha value is -2.21. The maximum Gasteiger partial charge on any atom is 0.436 e. The summed E-state index contributed by atoms with van der Waals surface area (Å²) < 4.78 is 40.2. The van der Waals surface area contributed by atoms with E-state index in [-0.39, 0.29) is 11.5 Å². The number of hydrogen-bond donors (Lipinski definition) is 1. The Morgan fingerprint density at radius 2 is 2.07 bits per heavy atom. The molecule has 3 aromatic rings. The van der Waals surface area contributed by atoms with Gasteiger partial charge in [0.1, 0.15) is 16.3 Å². The number of halogens is 4. The molecule has 1 amide bonds. The zero-order valence-corrected chi connectivity index (χ0v) is 17.4. The number of aromatic nitrogens is 4. The summed E-state index contributed by atoms with van der Waals surface area (Å²) in [5.74, 6) is -0.710. The first-order valence-electron chi connectivity index (χ1n) is 8.17. The zero-order chi connectivity index (χ0) is 20.8. The summed E-state index contributed by atoms with van der Waals surface area (Å²) in [7, 11) is 1.21. The molecule has 0 unspecified atom stereocenters. The maximum atomic E-state index is 13.0. The second kappa shape index (κ2) is 7.32. The molecule has 0 saturated heterocycles. The molecule has 7 nitrogen and oxygen atoms in total. The minimum atomic E-state index is -4.73. The van der Waals surface area contributed by atoms with E-state index in [0.717, 1.165) is 27.1 Å². The number of nitrogens with zero attached hydrogens (tertiary/aromatic N) is 4. The maximum absolute atomic E-state index is 13.0. The fourth-order valence-corrected chi connectivity index (χ4v) is 4.62. The van der Waals surface area contributed by atoms with Crippen LogP contribution in [0.5, 0.6) is 0 Å². The van der Waals surface area contributed by atoms with Gasteiger partial charge < -0.3 is 0 Å². The third-order valence-corrected chi connectivity index (χ3v) is 5.81. The number of fused-ring (bicyclic) bond motifs is 1. The fourth-order valence-electron chi connectivity index (χ4n) is 2.71. The monoisotopic (exact) mass is 477 g/mol. The normalized spacial score (nSPS) is 12.0. The molecule has 0 saturated carbocycles. The summed E-state index contributed by atoms with van der Waals surface area (Å²) in [4.78, 5) is 31.2. The number of hydrogen-bond acceptors (Lipinski definition) is 5. The van der Waals surface area contributed by atoms with Gasteiger partial charge in [-0.3, -0.25) is 19.7 Å². The molecule has 0 spiro atoms. The van der Waals surface area contributed by atoms with Gasteiger partial charge in [-0.2, -0.15) is 18.3 Å². The summed E-state index contributed by atoms with van der Waals surface area (Å²) >= 11 is 4.19. The molecule has 0 aliphatic rings. The number of amides is 1. The van der Waals surface area contributed by atoms with Crippen molar-refractivity contribution in [2.75, 3.05) is 5.43 Å². The molecule has 0 aliphatic carbocycles. The highest BCUT2D eigenvalue weighted by Crippen LogP contribution is 2.35. The first kappa shape index (κ1) is 20.5. The summed E-state index contributed by atoms with van der Waals surface area (Å²) in [6.07, 6.45) is -3.02. The number of thiophene rings is 1. The highest BCUT2D eigenvalue weighted by molar-refractivity contribution is 9.10. The molecule has 0 bridgehead atoms. The van der Waals surface area contributed by atoms with Gasteiger partial charge in [0, 0.05) is 11.9 Å². The van der Waals surface area contributed by atoms with Crippen LogP contribution in [0, 0.1) is 6.92 Å². The summed E-state index contributed by atoms with van der Waals surface area (Å²) in [5, 5.41) is 3.69. The van der Waals surface area contributed by atoms with Crippen LogP contribution in [0.3, 0.4) is 0 Å². The second-order valence-electron chi connectivity index (χ2n) is 6.05. The number of nitrogens with one attached hydrogen (secondary N) is 1. The standard InChI is InChI=1S/C16H15BrF3N5O2S/c1-4-5-8-6-9-14(28-8)21-7(2)25(15(9)27)23-13(26)11-10(17)12(16(18,19)20)22-24(11)3/h6H,4-5H2,1-3H3,(H,23,26). The molecular weight excluding hydrogens is 463 g/mol. The van der Waals surface area contributed by atoms with Crippen LogP contribution in [-0.2, 0) is 19.6 Å². The van der Waals surface area contributed by atoms with Gasteiger partial charge in [-0.25, -0.2) is 9.66 Å². The Labute approximate surface area is 169 Å². The second-order valence-corrected chi connectivity index (χ2v) is 7.96. The van der Waals surface area contributed by atoms with Crippen molar-refractivity contribution in [2.45, 2.75) is 32.9 Å². The van der Waals surface area contributed by atoms with Gasteiger partial charge in [0.15, 0.2) is 5.69 Å². The van der Waals surface area contributed by atoms with Gasteiger partial charge in [-0.1, -0.05) is 13.3 Å². The fraction of sp³-hybridized carbons (Fsp3) is 0.375. The third-order valence-electron chi connectivity index (χ3n) is 3.97. The molecule has 28 heavy (non-hydrogen) atoms. The largest absolute Gasteiger partial charge is 0.436 e. The quantitative estimate of drug-likeness (QED) is 0.622. The molecule has 0 radical (unpaired) electrons. The highest BCUT2D eigenvalue weighted by Gasteiger charge is 2.39. The molecule has 0 fully saturated rings. The molecule has 3 heterocycles. The molecule has 3 rings (SSSR count). The van der Waals surface area contributed by atoms with Crippen LogP contribution in [0.15, 0.2) is 15.3 Å². The molecule has 3 aromatic heterocycles. The number of rotatable bonds is 4. The average molecular weight is 478 g/mol. The third kappa shape index (κ3) is 3.58. The predicted octanol–water partition coefficient (Wildman–Crippen LogP) is 3.62. The molecular formula is C16H15BrF3N5O2S. The molecule has 1 N–H and O–H groups in total. The van der Waals surface area contributed by atoms with Gasteiger partial charge in [-0.05, 0) is 35.3 Å². The number of carbonyl (C=O) groups is 1. The Morgan fingerprint density at radius 1 is 1.39 bits per heavy atom. The molecule has 0 aromatic carbocycles. The van der Waals surface area contributed by atoms with Crippen LogP contribution in [0.25, 0.3) is 10.2 Å². The minimum absolute atomic E-state index is 0.213. The smallest absolute Gasteiger partial charge is 0.267 e. The van der Waals surface area contributed by atoms with Gasteiger partial charge in [-0.15, -0.1) is 11.3 Å². The van der Waals surface area contributed by atoms with E-state index in [1.807, 2.05) is 6.92 Å². The van der Waals surface area contributed by atoms with E-state index in [1.54, 1.807) is 6.07 Å². The number of carbonyl (C=O) groups excluding carboxylic acids is 1. The van der Waals surface area contributed by atoms with E-state index < -0.39 is 27.8 Å². The lowest BCUT2D eigenvalue weighted by Crippen LogP contribution is -2.36. The van der Waals surface area contributed by atoms with E-state index in [9.17, 15) is 22.8 Å². The highest BCUT2D eigenvalue weighted by atomic mass is 79.9. The van der Waals surface area contributed by atoms with E-state index in [4.69, 9.17) is 0 Å². The van der Waals surface area contributed by atoms with Gasteiger partial charge >= 0.3 is 6.18 Å². The van der Waals surface area contributed by atoms with Crippen molar-refractivity contribution in [2.24, 2.45) is 7.05 Å². The lowest BCUT2D eigenvalue weighted by molar-refractivity contribution is -0.142. The molecule has 150 valence electrons. The van der Waals surface area contributed by atoms with Crippen molar-refractivity contribution in [1.29, 1.82) is 0 Å². The van der Waals surface area contributed by atoms with Crippen molar-refractivity contribution in [3.8, 4) is 0 Å². The van der Waals surface area contributed by atoms with E-state index in [2.05, 4.69) is 31.4 Å². The van der Waals surface area contributed by atoms with Gasteiger partial charge in [0.25, 0.3) is 11.5 Å². The van der Waals surface area contributed by atoms with Crippen LogP contribution < -0.4 is 11.0 Å². The predicted molar refractivity (Wildman–Crippen MR) is 102 cm³/mol. The Balaban J connectivity index is 2.03. The topological polar surface area (TPSA) is 81.8 Å². The van der Waals surface area contributed by atoms with Crippen molar-refractivity contribution in [3.05, 3.63) is 43.0 Å². The van der Waals surface area contributed by atoms with Crippen LogP contribution >= 0.6 is 27.3 Å². The van der Waals surface area contributed by atoms with Crippen molar-refractivity contribution < 1.29 is 18.0 Å². The van der Waals surface area contributed by atoms with Crippen LogP contribution in [0.2, 0.25) is 0 Å². The van der Waals surface area contributed by atoms with E-state index >= 15 is 0 Å². The van der Waals surface area contributed by atoms with E-state index in [1.165, 1.54) is 25.3 Å². The van der Waals surface area contributed by atoms with Crippen molar-refractivity contribution in [1.82, 2.24) is 19.4 Å². The van der Waals surface area contributed by atoms with Crippen LogP contribution in [-0.4, -0.2) is 25.3 Å². The Morgan fingerprint density at radius 3 is 2.64 bits per heavy atom. The van der Waals surface area contributed by atoms with Crippen LogP contribution in [0.1, 0.15) is 40.2 Å². The molecule has 0 aliphatic heterocycles. The summed E-state index contributed by atoms with van der Waals surface area (Å²) in [6, 6.07) is 1.72. The SMILES string of the molecule is CCCc1cc2c(=O)n(NC(=O)c3c(Br)c(C(F)(F)F)nn3C)c(C)nc2s1. The van der Waals surface area contributed by atoms with Crippen molar-refractivity contribution >= 4 is 43.4 Å². The van der Waals surface area contributed by atoms with Crippen molar-refractivity contribution in [3.63, 3.8) is 0 Å². The average Bonchev–Trinajstić information content (AvgIpc) is 3.12. The van der Waals surface area contributed by atoms with Gasteiger partial charge in [0.2, 0.25) is 0 Å². The molecule has 12 heteroatoms. The number of alkyl halides is 3. The Bertz CT molecular complexity index is 1130. The van der Waals surface area contributed by atoms with Crippen LogP contribution in [0.4, 0.5) is 13.2 Å². The first-order valence-corrected chi connectivity index (χ1v) is 9.78. The molecule has 0 atom stereocenters. The summed E-state index contributed by atoms with van der Waals surface area (Å²) in [6.45, 7) is 3.54.